The fraction of sp³-hybridized carbons (Fsp3) is 0.412. The molecule has 1 aliphatic heterocycles. The summed E-state index contributed by atoms with van der Waals surface area (Å²) in [6.45, 7) is 1.40. The fourth-order valence-electron chi connectivity index (χ4n) is 2.50. The van der Waals surface area contributed by atoms with Crippen LogP contribution in [0, 0.1) is 0 Å². The van der Waals surface area contributed by atoms with Crippen molar-refractivity contribution in [3.8, 4) is 11.3 Å². The molecular formula is C17H20N2O3. The van der Waals surface area contributed by atoms with Gasteiger partial charge in [-0.25, -0.2) is 4.98 Å². The Bertz CT molecular complexity index is 603. The van der Waals surface area contributed by atoms with Crippen molar-refractivity contribution >= 4 is 5.91 Å². The van der Waals surface area contributed by atoms with Gasteiger partial charge >= 0.3 is 0 Å². The summed E-state index contributed by atoms with van der Waals surface area (Å²) < 4.78 is 11.2. The summed E-state index contributed by atoms with van der Waals surface area (Å²) in [4.78, 5) is 16.0. The van der Waals surface area contributed by atoms with Crippen LogP contribution in [0.5, 0.6) is 0 Å². The van der Waals surface area contributed by atoms with E-state index in [2.05, 4.69) is 10.3 Å². The third-order valence-electron chi connectivity index (χ3n) is 3.73. The number of amides is 1. The monoisotopic (exact) mass is 300 g/mol. The van der Waals surface area contributed by atoms with Crippen LogP contribution in [0.4, 0.5) is 0 Å². The molecule has 1 aromatic heterocycles. The number of hydrogen-bond acceptors (Lipinski definition) is 4. The molecule has 1 aromatic carbocycles. The molecule has 3 rings (SSSR count). The summed E-state index contributed by atoms with van der Waals surface area (Å²) >= 11 is 0. The van der Waals surface area contributed by atoms with E-state index >= 15 is 0 Å². The molecule has 2 heterocycles. The van der Waals surface area contributed by atoms with Crippen molar-refractivity contribution in [3.05, 3.63) is 42.4 Å². The lowest BCUT2D eigenvalue weighted by molar-refractivity contribution is -0.121. The molecule has 116 valence electrons. The van der Waals surface area contributed by atoms with Crippen LogP contribution in [0.3, 0.4) is 0 Å². The van der Waals surface area contributed by atoms with E-state index in [0.717, 1.165) is 30.8 Å². The Balaban J connectivity index is 1.45. The van der Waals surface area contributed by atoms with Gasteiger partial charge in [-0.1, -0.05) is 30.3 Å². The number of aromatic nitrogens is 1. The van der Waals surface area contributed by atoms with Crippen molar-refractivity contribution in [3.63, 3.8) is 0 Å². The minimum atomic E-state index is 0.00922. The summed E-state index contributed by atoms with van der Waals surface area (Å²) in [5.41, 5.74) is 0.990. The number of ether oxygens (including phenoxy) is 1. The average molecular weight is 300 g/mol. The number of oxazole rings is 1. The molecule has 0 aliphatic carbocycles. The lowest BCUT2D eigenvalue weighted by atomic mass is 10.2. The minimum absolute atomic E-state index is 0.00922. The number of rotatable bonds is 6. The van der Waals surface area contributed by atoms with E-state index in [1.54, 1.807) is 6.20 Å². The van der Waals surface area contributed by atoms with Crippen molar-refractivity contribution in [2.75, 3.05) is 13.2 Å². The third-order valence-corrected chi connectivity index (χ3v) is 3.73. The Morgan fingerprint density at radius 3 is 2.95 bits per heavy atom. The number of carbonyl (C=O) groups excluding carboxylic acids is 1. The van der Waals surface area contributed by atoms with E-state index in [0.29, 0.717) is 25.3 Å². The SMILES string of the molecule is O=C(CCc1ncc(-c2ccccc2)o1)NC[C@H]1CCCO1. The van der Waals surface area contributed by atoms with E-state index in [9.17, 15) is 4.79 Å². The number of aryl methyl sites for hydroxylation is 1. The third kappa shape index (κ3) is 3.95. The van der Waals surface area contributed by atoms with Crippen LogP contribution in [0.25, 0.3) is 11.3 Å². The minimum Gasteiger partial charge on any atom is -0.441 e. The van der Waals surface area contributed by atoms with E-state index in [-0.39, 0.29) is 12.0 Å². The maximum Gasteiger partial charge on any atom is 0.220 e. The Morgan fingerprint density at radius 2 is 2.18 bits per heavy atom. The summed E-state index contributed by atoms with van der Waals surface area (Å²) in [6.07, 6.45) is 4.87. The average Bonchev–Trinajstić information content (AvgIpc) is 3.23. The summed E-state index contributed by atoms with van der Waals surface area (Å²) in [7, 11) is 0. The van der Waals surface area contributed by atoms with Crippen molar-refractivity contribution in [2.45, 2.75) is 31.8 Å². The molecule has 0 unspecified atom stereocenters. The molecule has 0 spiro atoms. The molecule has 5 heteroatoms. The Labute approximate surface area is 129 Å². The van der Waals surface area contributed by atoms with Gasteiger partial charge in [0.1, 0.15) is 0 Å². The first-order valence-electron chi connectivity index (χ1n) is 7.70. The first kappa shape index (κ1) is 14.8. The van der Waals surface area contributed by atoms with Crippen molar-refractivity contribution in [1.29, 1.82) is 0 Å². The molecule has 1 saturated heterocycles. The predicted octanol–water partition coefficient (Wildman–Crippen LogP) is 2.57. The van der Waals surface area contributed by atoms with Gasteiger partial charge < -0.3 is 14.5 Å². The van der Waals surface area contributed by atoms with Gasteiger partial charge in [0.05, 0.1) is 12.3 Å². The highest BCUT2D eigenvalue weighted by Gasteiger charge is 2.16. The van der Waals surface area contributed by atoms with Gasteiger partial charge in [0.15, 0.2) is 11.7 Å². The van der Waals surface area contributed by atoms with Gasteiger partial charge in [-0.15, -0.1) is 0 Å². The highest BCUT2D eigenvalue weighted by molar-refractivity contribution is 5.76. The Hall–Kier alpha value is -2.14. The van der Waals surface area contributed by atoms with Crippen LogP contribution < -0.4 is 5.32 Å². The fourth-order valence-corrected chi connectivity index (χ4v) is 2.50. The van der Waals surface area contributed by atoms with E-state index in [1.165, 1.54) is 0 Å². The maximum atomic E-state index is 11.8. The van der Waals surface area contributed by atoms with Gasteiger partial charge in [0.2, 0.25) is 5.91 Å². The zero-order valence-corrected chi connectivity index (χ0v) is 12.5. The summed E-state index contributed by atoms with van der Waals surface area (Å²) in [5.74, 6) is 1.33. The number of nitrogens with zero attached hydrogens (tertiary/aromatic N) is 1. The quantitative estimate of drug-likeness (QED) is 0.890. The molecule has 22 heavy (non-hydrogen) atoms. The topological polar surface area (TPSA) is 64.4 Å². The van der Waals surface area contributed by atoms with Crippen molar-refractivity contribution in [2.24, 2.45) is 0 Å². The normalized spacial score (nSPS) is 17.5. The van der Waals surface area contributed by atoms with Crippen LogP contribution in [0.2, 0.25) is 0 Å². The van der Waals surface area contributed by atoms with E-state index < -0.39 is 0 Å². The number of carbonyl (C=O) groups is 1. The standard InChI is InChI=1S/C17H20N2O3/c20-16(18-11-14-7-4-10-21-14)8-9-17-19-12-15(22-17)13-5-2-1-3-6-13/h1-3,5-6,12,14H,4,7-11H2,(H,18,20)/t14-/m1/s1. The first-order chi connectivity index (χ1) is 10.8. The number of nitrogens with one attached hydrogen (secondary N) is 1. The second-order valence-corrected chi connectivity index (χ2v) is 5.42. The second kappa shape index (κ2) is 7.22. The van der Waals surface area contributed by atoms with E-state index in [4.69, 9.17) is 9.15 Å². The molecule has 0 saturated carbocycles. The lowest BCUT2D eigenvalue weighted by Gasteiger charge is -2.10. The number of hydrogen-bond donors (Lipinski definition) is 1. The van der Waals surface area contributed by atoms with Gasteiger partial charge in [0.25, 0.3) is 0 Å². The van der Waals surface area contributed by atoms with Crippen LogP contribution in [-0.2, 0) is 16.0 Å². The molecule has 1 amide bonds. The van der Waals surface area contributed by atoms with Crippen molar-refractivity contribution < 1.29 is 13.9 Å². The molecule has 0 radical (unpaired) electrons. The zero-order valence-electron chi connectivity index (χ0n) is 12.5. The number of benzene rings is 1. The van der Waals surface area contributed by atoms with Crippen LogP contribution in [0.1, 0.15) is 25.2 Å². The molecule has 1 aliphatic rings. The largest absolute Gasteiger partial charge is 0.441 e. The van der Waals surface area contributed by atoms with Gasteiger partial charge in [-0.05, 0) is 12.8 Å². The highest BCUT2D eigenvalue weighted by atomic mass is 16.5. The maximum absolute atomic E-state index is 11.8. The molecule has 1 atom stereocenters. The van der Waals surface area contributed by atoms with Gasteiger partial charge in [-0.3, -0.25) is 4.79 Å². The van der Waals surface area contributed by atoms with Gasteiger partial charge in [-0.2, -0.15) is 0 Å². The summed E-state index contributed by atoms with van der Waals surface area (Å²) in [6, 6.07) is 9.81. The Kier molecular flexibility index (Phi) is 4.85. The van der Waals surface area contributed by atoms with Crippen molar-refractivity contribution in [1.82, 2.24) is 10.3 Å². The molecule has 1 N–H and O–H groups in total. The Morgan fingerprint density at radius 1 is 1.32 bits per heavy atom. The molecule has 5 nitrogen and oxygen atoms in total. The lowest BCUT2D eigenvalue weighted by Crippen LogP contribution is -2.31. The smallest absolute Gasteiger partial charge is 0.220 e. The molecular weight excluding hydrogens is 280 g/mol. The molecule has 0 bridgehead atoms. The molecule has 1 fully saturated rings. The van der Waals surface area contributed by atoms with Crippen LogP contribution in [0.15, 0.2) is 40.9 Å². The molecule has 2 aromatic rings. The van der Waals surface area contributed by atoms with E-state index in [1.807, 2.05) is 30.3 Å². The summed E-state index contributed by atoms with van der Waals surface area (Å²) in [5, 5.41) is 2.90. The van der Waals surface area contributed by atoms with Gasteiger partial charge in [0, 0.05) is 31.6 Å². The second-order valence-electron chi connectivity index (χ2n) is 5.42. The zero-order chi connectivity index (χ0) is 15.2. The predicted molar refractivity (Wildman–Crippen MR) is 82.2 cm³/mol. The first-order valence-corrected chi connectivity index (χ1v) is 7.70. The highest BCUT2D eigenvalue weighted by Crippen LogP contribution is 2.20. The van der Waals surface area contributed by atoms with Crippen LogP contribution >= 0.6 is 0 Å². The van der Waals surface area contributed by atoms with Crippen LogP contribution in [-0.4, -0.2) is 30.1 Å².